The summed E-state index contributed by atoms with van der Waals surface area (Å²) in [5, 5.41) is 6.55. The van der Waals surface area contributed by atoms with Crippen molar-refractivity contribution in [2.75, 3.05) is 5.32 Å². The van der Waals surface area contributed by atoms with Gasteiger partial charge in [-0.2, -0.15) is 0 Å². The molecule has 3 rings (SSSR count). The summed E-state index contributed by atoms with van der Waals surface area (Å²) >= 11 is 0. The molecule has 0 fully saturated rings. The fourth-order valence-electron chi connectivity index (χ4n) is 2.22. The Kier molecular flexibility index (Phi) is 4.56. The maximum absolute atomic E-state index is 12.4. The van der Waals surface area contributed by atoms with Crippen molar-refractivity contribution in [2.24, 2.45) is 0 Å². The molecule has 6 nitrogen and oxygen atoms in total. The third kappa shape index (κ3) is 3.43. The van der Waals surface area contributed by atoms with Crippen molar-refractivity contribution >= 4 is 11.7 Å². The molecule has 1 aromatic carbocycles. The van der Waals surface area contributed by atoms with Crippen LogP contribution in [0.3, 0.4) is 0 Å². The minimum atomic E-state index is -0.381. The van der Waals surface area contributed by atoms with Gasteiger partial charge in [0.1, 0.15) is 23.9 Å². The second-order valence-electron chi connectivity index (χ2n) is 5.29. The summed E-state index contributed by atoms with van der Waals surface area (Å²) in [6.45, 7) is 3.91. The molecule has 0 saturated carbocycles. The number of hydrogen-bond donors (Lipinski definition) is 1. The van der Waals surface area contributed by atoms with Crippen LogP contribution in [0.5, 0.6) is 5.75 Å². The van der Waals surface area contributed by atoms with Gasteiger partial charge in [0.2, 0.25) is 0 Å². The molecule has 0 saturated heterocycles. The molecular weight excluding hydrogens is 306 g/mol. The van der Waals surface area contributed by atoms with Gasteiger partial charge in [-0.05, 0) is 37.6 Å². The third-order valence-electron chi connectivity index (χ3n) is 3.57. The van der Waals surface area contributed by atoms with Gasteiger partial charge in [0.15, 0.2) is 5.69 Å². The Morgan fingerprint density at radius 1 is 1.17 bits per heavy atom. The standard InChI is InChI=1S/C18H17N3O3/c1-12-7-3-4-8-15(12)23-11-14-13(2)24-21-17(14)18(22)20-16-9-5-6-10-19-16/h3-10H,11H2,1-2H3,(H,19,20,22). The molecule has 0 spiro atoms. The largest absolute Gasteiger partial charge is 0.488 e. The lowest BCUT2D eigenvalue weighted by molar-refractivity contribution is 0.101. The van der Waals surface area contributed by atoms with E-state index in [-0.39, 0.29) is 18.2 Å². The van der Waals surface area contributed by atoms with Crippen molar-refractivity contribution in [2.45, 2.75) is 20.5 Å². The van der Waals surface area contributed by atoms with Gasteiger partial charge in [-0.15, -0.1) is 0 Å². The van der Waals surface area contributed by atoms with Gasteiger partial charge in [0.05, 0.1) is 5.56 Å². The van der Waals surface area contributed by atoms with E-state index in [1.807, 2.05) is 31.2 Å². The van der Waals surface area contributed by atoms with Crippen molar-refractivity contribution in [1.29, 1.82) is 0 Å². The summed E-state index contributed by atoms with van der Waals surface area (Å²) in [5.74, 6) is 1.38. The second kappa shape index (κ2) is 6.95. The van der Waals surface area contributed by atoms with E-state index in [0.717, 1.165) is 11.3 Å². The lowest BCUT2D eigenvalue weighted by atomic mass is 10.2. The summed E-state index contributed by atoms with van der Waals surface area (Å²) in [4.78, 5) is 16.5. The van der Waals surface area contributed by atoms with Gasteiger partial charge in [-0.25, -0.2) is 4.98 Å². The number of carbonyl (C=O) groups is 1. The number of pyridine rings is 1. The SMILES string of the molecule is Cc1ccccc1OCc1c(C(=O)Nc2ccccn2)noc1C. The molecule has 0 aliphatic carbocycles. The summed E-state index contributed by atoms with van der Waals surface area (Å²) in [6, 6.07) is 13.0. The van der Waals surface area contributed by atoms with Crippen molar-refractivity contribution in [3.8, 4) is 5.75 Å². The number of anilines is 1. The van der Waals surface area contributed by atoms with Crippen molar-refractivity contribution in [3.05, 3.63) is 71.2 Å². The lowest BCUT2D eigenvalue weighted by Gasteiger charge is -2.09. The molecule has 1 amide bonds. The Morgan fingerprint density at radius 3 is 2.71 bits per heavy atom. The highest BCUT2D eigenvalue weighted by molar-refractivity contribution is 6.03. The number of aryl methyl sites for hydroxylation is 2. The first kappa shape index (κ1) is 15.7. The van der Waals surface area contributed by atoms with Crippen molar-refractivity contribution in [1.82, 2.24) is 10.1 Å². The van der Waals surface area contributed by atoms with E-state index in [2.05, 4.69) is 15.5 Å². The maximum Gasteiger partial charge on any atom is 0.279 e. The Bertz CT molecular complexity index is 844. The number of rotatable bonds is 5. The van der Waals surface area contributed by atoms with E-state index >= 15 is 0 Å². The fraction of sp³-hybridized carbons (Fsp3) is 0.167. The predicted molar refractivity (Wildman–Crippen MR) is 88.9 cm³/mol. The Labute approximate surface area is 139 Å². The average Bonchev–Trinajstić information content (AvgIpc) is 2.96. The summed E-state index contributed by atoms with van der Waals surface area (Å²) < 4.78 is 11.0. The smallest absolute Gasteiger partial charge is 0.279 e. The zero-order valence-electron chi connectivity index (χ0n) is 13.4. The first-order valence-electron chi connectivity index (χ1n) is 7.51. The van der Waals surface area contributed by atoms with Crippen LogP contribution in [0, 0.1) is 13.8 Å². The molecule has 0 unspecified atom stereocenters. The highest BCUT2D eigenvalue weighted by Crippen LogP contribution is 2.21. The first-order valence-corrected chi connectivity index (χ1v) is 7.51. The van der Waals surface area contributed by atoms with Crippen LogP contribution < -0.4 is 10.1 Å². The molecule has 0 radical (unpaired) electrons. The van der Waals surface area contributed by atoms with Gasteiger partial charge < -0.3 is 14.6 Å². The molecule has 2 aromatic heterocycles. The average molecular weight is 323 g/mol. The molecule has 1 N–H and O–H groups in total. The molecule has 24 heavy (non-hydrogen) atoms. The van der Waals surface area contributed by atoms with Crippen molar-refractivity contribution in [3.63, 3.8) is 0 Å². The van der Waals surface area contributed by atoms with Gasteiger partial charge in [-0.1, -0.05) is 29.4 Å². The number of amides is 1. The molecule has 122 valence electrons. The Morgan fingerprint density at radius 2 is 1.96 bits per heavy atom. The van der Waals surface area contributed by atoms with Crippen LogP contribution in [0.4, 0.5) is 5.82 Å². The Hall–Kier alpha value is -3.15. The van der Waals surface area contributed by atoms with Crippen molar-refractivity contribution < 1.29 is 14.1 Å². The van der Waals surface area contributed by atoms with Gasteiger partial charge >= 0.3 is 0 Å². The number of hydrogen-bond acceptors (Lipinski definition) is 5. The highest BCUT2D eigenvalue weighted by atomic mass is 16.5. The topological polar surface area (TPSA) is 77.2 Å². The lowest BCUT2D eigenvalue weighted by Crippen LogP contribution is -2.16. The van der Waals surface area contributed by atoms with E-state index in [1.165, 1.54) is 0 Å². The molecule has 0 bridgehead atoms. The number of aromatic nitrogens is 2. The van der Waals surface area contributed by atoms with Gasteiger partial charge in [-0.3, -0.25) is 4.79 Å². The Balaban J connectivity index is 1.76. The quantitative estimate of drug-likeness (QED) is 0.777. The normalized spacial score (nSPS) is 10.4. The summed E-state index contributed by atoms with van der Waals surface area (Å²) in [6.07, 6.45) is 1.60. The number of ether oxygens (including phenoxy) is 1. The summed E-state index contributed by atoms with van der Waals surface area (Å²) in [7, 11) is 0. The van der Waals surface area contributed by atoms with E-state index < -0.39 is 0 Å². The fourth-order valence-corrected chi connectivity index (χ4v) is 2.22. The number of nitrogens with one attached hydrogen (secondary N) is 1. The molecular formula is C18H17N3O3. The van der Waals surface area contributed by atoms with Crippen LogP contribution in [0.1, 0.15) is 27.4 Å². The number of para-hydroxylation sites is 1. The maximum atomic E-state index is 12.4. The minimum Gasteiger partial charge on any atom is -0.488 e. The van der Waals surface area contributed by atoms with E-state index in [0.29, 0.717) is 17.1 Å². The van der Waals surface area contributed by atoms with Crippen LogP contribution in [0.15, 0.2) is 53.2 Å². The van der Waals surface area contributed by atoms with Crippen LogP contribution >= 0.6 is 0 Å². The second-order valence-corrected chi connectivity index (χ2v) is 5.29. The molecule has 2 heterocycles. The summed E-state index contributed by atoms with van der Waals surface area (Å²) in [5.41, 5.74) is 1.84. The number of benzene rings is 1. The van der Waals surface area contributed by atoms with Gasteiger partial charge in [0.25, 0.3) is 5.91 Å². The predicted octanol–water partition coefficient (Wildman–Crippen LogP) is 3.52. The third-order valence-corrected chi connectivity index (χ3v) is 3.57. The zero-order chi connectivity index (χ0) is 16.9. The van der Waals surface area contributed by atoms with E-state index in [1.54, 1.807) is 31.3 Å². The van der Waals surface area contributed by atoms with Crippen LogP contribution in [0.2, 0.25) is 0 Å². The van der Waals surface area contributed by atoms with E-state index in [4.69, 9.17) is 9.26 Å². The molecule has 0 aliphatic rings. The number of carbonyl (C=O) groups excluding carboxylic acids is 1. The minimum absolute atomic E-state index is 0.200. The first-order chi connectivity index (χ1) is 11.6. The zero-order valence-corrected chi connectivity index (χ0v) is 13.4. The molecule has 3 aromatic rings. The molecule has 0 atom stereocenters. The van der Waals surface area contributed by atoms with E-state index in [9.17, 15) is 4.79 Å². The van der Waals surface area contributed by atoms with Gasteiger partial charge in [0, 0.05) is 6.20 Å². The molecule has 6 heteroatoms. The number of nitrogens with zero attached hydrogens (tertiary/aromatic N) is 2. The molecule has 0 aliphatic heterocycles. The highest BCUT2D eigenvalue weighted by Gasteiger charge is 2.21. The monoisotopic (exact) mass is 323 g/mol. The van der Waals surface area contributed by atoms with Crippen LogP contribution in [-0.4, -0.2) is 16.0 Å². The van der Waals surface area contributed by atoms with Crippen LogP contribution in [-0.2, 0) is 6.61 Å². The van der Waals surface area contributed by atoms with Crippen LogP contribution in [0.25, 0.3) is 0 Å².